The Kier molecular flexibility index (Phi) is 5.59. The lowest BCUT2D eigenvalue weighted by atomic mass is 10.2. The Balaban J connectivity index is 1.82. The molecule has 1 heterocycles. The first kappa shape index (κ1) is 20.8. The summed E-state index contributed by atoms with van der Waals surface area (Å²) in [5.74, 6) is -1.91. The lowest BCUT2D eigenvalue weighted by Gasteiger charge is -2.33. The molecule has 1 aliphatic heterocycles. The number of sulfonamides is 2. The maximum atomic E-state index is 13.9. The van der Waals surface area contributed by atoms with Gasteiger partial charge < -0.3 is 0 Å². The molecule has 1 saturated heterocycles. The summed E-state index contributed by atoms with van der Waals surface area (Å²) in [5, 5.41) is 0. The molecule has 10 heteroatoms. The average molecular weight is 430 g/mol. The van der Waals surface area contributed by atoms with Crippen LogP contribution in [-0.2, 0) is 20.0 Å². The number of rotatable bonds is 4. The van der Waals surface area contributed by atoms with Crippen LogP contribution in [0.15, 0.2) is 46.2 Å². The molecule has 28 heavy (non-hydrogen) atoms. The molecule has 0 aromatic heterocycles. The van der Waals surface area contributed by atoms with Crippen molar-refractivity contribution in [1.82, 2.24) is 8.61 Å². The number of benzene rings is 2. The van der Waals surface area contributed by atoms with Crippen LogP contribution in [0.2, 0.25) is 0 Å². The van der Waals surface area contributed by atoms with E-state index in [0.717, 1.165) is 22.0 Å². The first-order valence-corrected chi connectivity index (χ1v) is 11.4. The Bertz CT molecular complexity index is 1020. The molecule has 1 fully saturated rings. The van der Waals surface area contributed by atoms with Gasteiger partial charge in [0.1, 0.15) is 16.5 Å². The van der Waals surface area contributed by atoms with Crippen molar-refractivity contribution in [2.75, 3.05) is 26.2 Å². The summed E-state index contributed by atoms with van der Waals surface area (Å²) in [5.41, 5.74) is 1.40. The van der Waals surface area contributed by atoms with Gasteiger partial charge in [0, 0.05) is 26.2 Å². The number of nitrogens with zero attached hydrogens (tertiary/aromatic N) is 2. The molecule has 0 amide bonds. The highest BCUT2D eigenvalue weighted by atomic mass is 32.2. The summed E-state index contributed by atoms with van der Waals surface area (Å²) in [4.78, 5) is -0.571. The van der Waals surface area contributed by atoms with Gasteiger partial charge in [0.2, 0.25) is 20.0 Å². The molecule has 0 bridgehead atoms. The minimum Gasteiger partial charge on any atom is -0.207 e. The van der Waals surface area contributed by atoms with Crippen LogP contribution in [0.4, 0.5) is 8.78 Å². The number of halogens is 2. The van der Waals surface area contributed by atoms with Gasteiger partial charge in [-0.2, -0.15) is 8.61 Å². The van der Waals surface area contributed by atoms with E-state index in [0.29, 0.717) is 11.6 Å². The Morgan fingerprint density at radius 2 is 1.29 bits per heavy atom. The second-order valence-corrected chi connectivity index (χ2v) is 10.5. The van der Waals surface area contributed by atoms with Gasteiger partial charge in [-0.15, -0.1) is 0 Å². The van der Waals surface area contributed by atoms with E-state index in [2.05, 4.69) is 0 Å². The summed E-state index contributed by atoms with van der Waals surface area (Å²) in [6, 6.07) is 7.33. The lowest BCUT2D eigenvalue weighted by molar-refractivity contribution is 0.272. The zero-order valence-electron chi connectivity index (χ0n) is 15.4. The van der Waals surface area contributed by atoms with Crippen molar-refractivity contribution in [3.05, 3.63) is 59.2 Å². The summed E-state index contributed by atoms with van der Waals surface area (Å²) in [6.07, 6.45) is 0. The van der Waals surface area contributed by atoms with Crippen LogP contribution < -0.4 is 0 Å². The first-order chi connectivity index (χ1) is 13.0. The Labute approximate surface area is 163 Å². The summed E-state index contributed by atoms with van der Waals surface area (Å²) >= 11 is 0. The Morgan fingerprint density at radius 1 is 0.750 bits per heavy atom. The fourth-order valence-corrected chi connectivity index (χ4v) is 6.32. The first-order valence-electron chi connectivity index (χ1n) is 8.56. The number of hydrogen-bond donors (Lipinski definition) is 0. The quantitative estimate of drug-likeness (QED) is 0.746. The van der Waals surface area contributed by atoms with Gasteiger partial charge >= 0.3 is 0 Å². The minimum absolute atomic E-state index is 0.0775. The zero-order valence-corrected chi connectivity index (χ0v) is 17.0. The fourth-order valence-electron chi connectivity index (χ4n) is 3.09. The third-order valence-electron chi connectivity index (χ3n) is 4.67. The van der Waals surface area contributed by atoms with E-state index in [1.54, 1.807) is 26.0 Å². The van der Waals surface area contributed by atoms with Gasteiger partial charge in [-0.3, -0.25) is 0 Å². The van der Waals surface area contributed by atoms with Crippen molar-refractivity contribution in [1.29, 1.82) is 0 Å². The van der Waals surface area contributed by atoms with Crippen LogP contribution in [0.5, 0.6) is 0 Å². The van der Waals surface area contributed by atoms with Crippen molar-refractivity contribution >= 4 is 20.0 Å². The zero-order chi connectivity index (χ0) is 20.7. The molecular formula is C18H20F2N2O4S2. The van der Waals surface area contributed by atoms with E-state index in [9.17, 15) is 25.6 Å². The average Bonchev–Trinajstić information content (AvgIpc) is 2.65. The van der Waals surface area contributed by atoms with Crippen LogP contribution in [0.3, 0.4) is 0 Å². The highest BCUT2D eigenvalue weighted by Gasteiger charge is 2.35. The summed E-state index contributed by atoms with van der Waals surface area (Å²) < 4.78 is 80.6. The van der Waals surface area contributed by atoms with Gasteiger partial charge in [-0.25, -0.2) is 25.6 Å². The predicted octanol–water partition coefficient (Wildman–Crippen LogP) is 2.28. The van der Waals surface area contributed by atoms with Gasteiger partial charge in [0.15, 0.2) is 0 Å². The van der Waals surface area contributed by atoms with Crippen molar-refractivity contribution in [2.24, 2.45) is 0 Å². The van der Waals surface area contributed by atoms with Crippen LogP contribution >= 0.6 is 0 Å². The second kappa shape index (κ2) is 7.51. The standard InChI is InChI=1S/C18H20F2N2O4S2/c1-13-3-4-14(2)17(11-13)27(23,24)21-7-9-22(10-8-21)28(25,26)18-12-15(19)5-6-16(18)20/h3-6,11-12H,7-10H2,1-2H3. The van der Waals surface area contributed by atoms with Crippen molar-refractivity contribution in [2.45, 2.75) is 23.6 Å². The predicted molar refractivity (Wildman–Crippen MR) is 99.8 cm³/mol. The molecule has 2 aromatic carbocycles. The van der Waals surface area contributed by atoms with Crippen LogP contribution in [-0.4, -0.2) is 51.6 Å². The molecule has 0 saturated carbocycles. The molecule has 0 radical (unpaired) electrons. The van der Waals surface area contributed by atoms with E-state index in [1.165, 1.54) is 4.31 Å². The fraction of sp³-hybridized carbons (Fsp3) is 0.333. The highest BCUT2D eigenvalue weighted by molar-refractivity contribution is 7.89. The topological polar surface area (TPSA) is 74.8 Å². The van der Waals surface area contributed by atoms with Crippen LogP contribution in [0.25, 0.3) is 0 Å². The molecule has 6 nitrogen and oxygen atoms in total. The lowest BCUT2D eigenvalue weighted by Crippen LogP contribution is -2.50. The van der Waals surface area contributed by atoms with E-state index in [1.807, 2.05) is 6.07 Å². The molecule has 2 aromatic rings. The maximum absolute atomic E-state index is 13.9. The van der Waals surface area contributed by atoms with Crippen molar-refractivity contribution < 1.29 is 25.6 Å². The molecule has 3 rings (SSSR count). The van der Waals surface area contributed by atoms with Gasteiger partial charge in [-0.05, 0) is 49.2 Å². The smallest absolute Gasteiger partial charge is 0.207 e. The molecule has 152 valence electrons. The summed E-state index contributed by atoms with van der Waals surface area (Å²) in [7, 11) is -8.05. The van der Waals surface area contributed by atoms with Crippen LogP contribution in [0.1, 0.15) is 11.1 Å². The van der Waals surface area contributed by atoms with Gasteiger partial charge in [0.25, 0.3) is 0 Å². The Hall–Kier alpha value is -1.88. The molecule has 0 aliphatic carbocycles. The van der Waals surface area contributed by atoms with Crippen molar-refractivity contribution in [3.63, 3.8) is 0 Å². The van der Waals surface area contributed by atoms with E-state index in [4.69, 9.17) is 0 Å². The van der Waals surface area contributed by atoms with E-state index >= 15 is 0 Å². The molecule has 0 N–H and O–H groups in total. The third-order valence-corrected chi connectivity index (χ3v) is 8.62. The van der Waals surface area contributed by atoms with E-state index < -0.39 is 36.6 Å². The summed E-state index contributed by atoms with van der Waals surface area (Å²) in [6.45, 7) is 3.03. The largest absolute Gasteiger partial charge is 0.246 e. The molecule has 0 unspecified atom stereocenters. The van der Waals surface area contributed by atoms with Gasteiger partial charge in [-0.1, -0.05) is 12.1 Å². The molecular weight excluding hydrogens is 410 g/mol. The minimum atomic E-state index is -4.27. The monoisotopic (exact) mass is 430 g/mol. The van der Waals surface area contributed by atoms with Crippen molar-refractivity contribution in [3.8, 4) is 0 Å². The molecule has 0 spiro atoms. The maximum Gasteiger partial charge on any atom is 0.246 e. The number of hydrogen-bond acceptors (Lipinski definition) is 4. The van der Waals surface area contributed by atoms with Crippen LogP contribution in [0, 0.1) is 25.5 Å². The third kappa shape index (κ3) is 3.82. The Morgan fingerprint density at radius 3 is 1.86 bits per heavy atom. The highest BCUT2D eigenvalue weighted by Crippen LogP contribution is 2.25. The number of piperazine rings is 1. The van der Waals surface area contributed by atoms with Gasteiger partial charge in [0.05, 0.1) is 4.90 Å². The SMILES string of the molecule is Cc1ccc(C)c(S(=O)(=O)N2CCN(S(=O)(=O)c3cc(F)ccc3F)CC2)c1. The molecule has 1 aliphatic rings. The number of aryl methyl sites for hydroxylation is 2. The second-order valence-electron chi connectivity index (χ2n) is 6.65. The normalized spacial score (nSPS) is 17.0. The molecule has 0 atom stereocenters. The van der Waals surface area contributed by atoms with E-state index in [-0.39, 0.29) is 31.1 Å².